The highest BCUT2D eigenvalue weighted by molar-refractivity contribution is 6.30. The van der Waals surface area contributed by atoms with Crippen molar-refractivity contribution in [1.82, 2.24) is 10.3 Å². The lowest BCUT2D eigenvalue weighted by molar-refractivity contribution is -0.121. The van der Waals surface area contributed by atoms with E-state index in [2.05, 4.69) is 53.8 Å². The first-order valence-electron chi connectivity index (χ1n) is 10.8. The third kappa shape index (κ3) is 5.00. The summed E-state index contributed by atoms with van der Waals surface area (Å²) >= 11 is 6.12. The standard InChI is InChI=1S/C27H27ClN2O/c1-2-20-9-6-10-23-25(18-30-27(20)23)24(21-11-13-22(28)14-12-21)17-26(31)29-16-15-19-7-4-3-5-8-19/h3-14,18,24,30H,2,15-17H2,1H3,(H,29,31)/t24-/m0/s1. The first-order valence-corrected chi connectivity index (χ1v) is 11.2. The number of aromatic nitrogens is 1. The molecule has 0 aliphatic rings. The molecule has 0 aliphatic heterocycles. The van der Waals surface area contributed by atoms with Gasteiger partial charge in [-0.1, -0.05) is 79.2 Å². The lowest BCUT2D eigenvalue weighted by Crippen LogP contribution is -2.27. The summed E-state index contributed by atoms with van der Waals surface area (Å²) in [6.45, 7) is 2.79. The molecule has 0 bridgehead atoms. The molecule has 2 N–H and O–H groups in total. The normalized spacial score (nSPS) is 12.1. The van der Waals surface area contributed by atoms with Crippen LogP contribution in [0, 0.1) is 0 Å². The monoisotopic (exact) mass is 430 g/mol. The molecule has 0 aliphatic carbocycles. The Labute approximate surface area is 188 Å². The van der Waals surface area contributed by atoms with Crippen LogP contribution in [0.3, 0.4) is 0 Å². The summed E-state index contributed by atoms with van der Waals surface area (Å²) in [5.41, 5.74) is 5.89. The number of para-hydroxylation sites is 1. The number of aromatic amines is 1. The zero-order chi connectivity index (χ0) is 21.6. The highest BCUT2D eigenvalue weighted by Gasteiger charge is 2.22. The second-order valence-corrected chi connectivity index (χ2v) is 8.27. The minimum absolute atomic E-state index is 0.0464. The predicted molar refractivity (Wildman–Crippen MR) is 129 cm³/mol. The Hall–Kier alpha value is -3.04. The molecule has 0 fully saturated rings. The van der Waals surface area contributed by atoms with E-state index in [9.17, 15) is 4.79 Å². The van der Waals surface area contributed by atoms with Gasteiger partial charge in [0.1, 0.15) is 0 Å². The van der Waals surface area contributed by atoms with Gasteiger partial charge in [-0.2, -0.15) is 0 Å². The molecule has 0 radical (unpaired) electrons. The van der Waals surface area contributed by atoms with Gasteiger partial charge in [0, 0.05) is 41.0 Å². The lowest BCUT2D eigenvalue weighted by atomic mass is 9.87. The van der Waals surface area contributed by atoms with Crippen molar-refractivity contribution >= 4 is 28.4 Å². The van der Waals surface area contributed by atoms with Gasteiger partial charge in [-0.15, -0.1) is 0 Å². The Morgan fingerprint density at radius 2 is 1.77 bits per heavy atom. The van der Waals surface area contributed by atoms with Gasteiger partial charge in [-0.25, -0.2) is 0 Å². The first-order chi connectivity index (χ1) is 15.2. The number of aryl methyl sites for hydroxylation is 1. The quantitative estimate of drug-likeness (QED) is 0.340. The van der Waals surface area contributed by atoms with E-state index in [0.717, 1.165) is 29.5 Å². The van der Waals surface area contributed by atoms with E-state index >= 15 is 0 Å². The van der Waals surface area contributed by atoms with E-state index in [-0.39, 0.29) is 11.8 Å². The van der Waals surface area contributed by atoms with Crippen molar-refractivity contribution in [1.29, 1.82) is 0 Å². The van der Waals surface area contributed by atoms with Gasteiger partial charge >= 0.3 is 0 Å². The van der Waals surface area contributed by atoms with Crippen LogP contribution in [0.2, 0.25) is 5.02 Å². The smallest absolute Gasteiger partial charge is 0.220 e. The summed E-state index contributed by atoms with van der Waals surface area (Å²) in [5, 5.41) is 4.97. The summed E-state index contributed by atoms with van der Waals surface area (Å²) in [7, 11) is 0. The number of rotatable bonds is 8. The van der Waals surface area contributed by atoms with Gasteiger partial charge in [-0.05, 0) is 47.2 Å². The number of fused-ring (bicyclic) bond motifs is 1. The molecule has 1 heterocycles. The molecule has 158 valence electrons. The largest absolute Gasteiger partial charge is 0.361 e. The second-order valence-electron chi connectivity index (χ2n) is 7.83. The van der Waals surface area contributed by atoms with Crippen LogP contribution < -0.4 is 5.32 Å². The predicted octanol–water partition coefficient (Wildman–Crippen LogP) is 6.26. The molecular formula is C27H27ClN2O. The molecule has 1 atom stereocenters. The molecule has 1 amide bonds. The van der Waals surface area contributed by atoms with Crippen molar-refractivity contribution in [3.05, 3.63) is 106 Å². The van der Waals surface area contributed by atoms with Crippen LogP contribution >= 0.6 is 11.6 Å². The van der Waals surface area contributed by atoms with Crippen molar-refractivity contribution in [3.63, 3.8) is 0 Å². The maximum absolute atomic E-state index is 12.9. The molecule has 4 heteroatoms. The van der Waals surface area contributed by atoms with E-state index in [0.29, 0.717) is 18.0 Å². The molecule has 0 spiro atoms. The van der Waals surface area contributed by atoms with Gasteiger partial charge < -0.3 is 10.3 Å². The van der Waals surface area contributed by atoms with E-state index in [1.807, 2.05) is 42.5 Å². The van der Waals surface area contributed by atoms with Crippen LogP contribution in [0.4, 0.5) is 0 Å². The maximum atomic E-state index is 12.9. The second kappa shape index (κ2) is 9.84. The minimum atomic E-state index is -0.0464. The Kier molecular flexibility index (Phi) is 6.73. The van der Waals surface area contributed by atoms with Gasteiger partial charge in [0.25, 0.3) is 0 Å². The molecule has 0 unspecified atom stereocenters. The highest BCUT2D eigenvalue weighted by Crippen LogP contribution is 2.35. The van der Waals surface area contributed by atoms with Crippen LogP contribution in [-0.4, -0.2) is 17.4 Å². The zero-order valence-corrected chi connectivity index (χ0v) is 18.5. The van der Waals surface area contributed by atoms with E-state index in [4.69, 9.17) is 11.6 Å². The molecule has 4 rings (SSSR count). The molecular weight excluding hydrogens is 404 g/mol. The molecule has 3 aromatic carbocycles. The van der Waals surface area contributed by atoms with Crippen molar-refractivity contribution in [2.75, 3.05) is 6.54 Å². The Balaban J connectivity index is 1.57. The number of hydrogen-bond donors (Lipinski definition) is 2. The maximum Gasteiger partial charge on any atom is 0.220 e. The lowest BCUT2D eigenvalue weighted by Gasteiger charge is -2.18. The molecule has 1 aromatic heterocycles. The molecule has 31 heavy (non-hydrogen) atoms. The van der Waals surface area contributed by atoms with E-state index in [1.54, 1.807) is 0 Å². The van der Waals surface area contributed by atoms with E-state index < -0.39 is 0 Å². The summed E-state index contributed by atoms with van der Waals surface area (Å²) < 4.78 is 0. The van der Waals surface area contributed by atoms with Crippen molar-refractivity contribution in [3.8, 4) is 0 Å². The van der Waals surface area contributed by atoms with Gasteiger partial charge in [0.15, 0.2) is 0 Å². The number of carbonyl (C=O) groups is 1. The summed E-state index contributed by atoms with van der Waals surface area (Å²) in [6.07, 6.45) is 4.23. The number of hydrogen-bond acceptors (Lipinski definition) is 1. The average molecular weight is 431 g/mol. The summed E-state index contributed by atoms with van der Waals surface area (Å²) in [6, 6.07) is 24.4. The number of amides is 1. The van der Waals surface area contributed by atoms with Crippen molar-refractivity contribution in [2.24, 2.45) is 0 Å². The summed E-state index contributed by atoms with van der Waals surface area (Å²) in [4.78, 5) is 16.3. The Morgan fingerprint density at radius 3 is 2.52 bits per heavy atom. The van der Waals surface area contributed by atoms with Crippen LogP contribution in [0.25, 0.3) is 10.9 Å². The number of H-pyrrole nitrogens is 1. The number of nitrogens with one attached hydrogen (secondary N) is 2. The third-order valence-corrected chi connectivity index (χ3v) is 6.08. The highest BCUT2D eigenvalue weighted by atomic mass is 35.5. The SMILES string of the molecule is CCc1cccc2c([C@@H](CC(=O)NCCc3ccccc3)c3ccc(Cl)cc3)c[nH]c12. The molecule has 3 nitrogen and oxygen atoms in total. The Morgan fingerprint density at radius 1 is 1.00 bits per heavy atom. The fourth-order valence-electron chi connectivity index (χ4n) is 4.17. The third-order valence-electron chi connectivity index (χ3n) is 5.83. The number of halogens is 1. The number of carbonyl (C=O) groups excluding carboxylic acids is 1. The number of benzene rings is 3. The van der Waals surface area contributed by atoms with Gasteiger partial charge in [0.2, 0.25) is 5.91 Å². The van der Waals surface area contributed by atoms with Crippen LogP contribution in [-0.2, 0) is 17.6 Å². The minimum Gasteiger partial charge on any atom is -0.361 e. The van der Waals surface area contributed by atoms with Gasteiger partial charge in [0.05, 0.1) is 0 Å². The van der Waals surface area contributed by atoms with Crippen LogP contribution in [0.1, 0.15) is 41.5 Å². The van der Waals surface area contributed by atoms with E-state index in [1.165, 1.54) is 16.5 Å². The van der Waals surface area contributed by atoms with Crippen LogP contribution in [0.5, 0.6) is 0 Å². The van der Waals surface area contributed by atoms with Crippen LogP contribution in [0.15, 0.2) is 79.0 Å². The topological polar surface area (TPSA) is 44.9 Å². The van der Waals surface area contributed by atoms with Crippen molar-refractivity contribution in [2.45, 2.75) is 32.1 Å². The summed E-state index contributed by atoms with van der Waals surface area (Å²) in [5.74, 6) is 0.00623. The van der Waals surface area contributed by atoms with Gasteiger partial charge in [-0.3, -0.25) is 4.79 Å². The molecule has 4 aromatic rings. The first kappa shape index (κ1) is 21.2. The molecule has 0 saturated carbocycles. The Bertz CT molecular complexity index is 1150. The van der Waals surface area contributed by atoms with Crippen molar-refractivity contribution < 1.29 is 4.79 Å². The average Bonchev–Trinajstić information content (AvgIpc) is 3.23. The fourth-order valence-corrected chi connectivity index (χ4v) is 4.30. The fraction of sp³-hybridized carbons (Fsp3) is 0.222. The molecule has 0 saturated heterocycles. The zero-order valence-electron chi connectivity index (χ0n) is 17.7.